The summed E-state index contributed by atoms with van der Waals surface area (Å²) in [6.07, 6.45) is 3.74. The Labute approximate surface area is 251 Å². The van der Waals surface area contributed by atoms with Crippen molar-refractivity contribution in [1.29, 1.82) is 0 Å². The van der Waals surface area contributed by atoms with Gasteiger partial charge in [0.15, 0.2) is 16.7 Å². The van der Waals surface area contributed by atoms with Crippen LogP contribution in [0.1, 0.15) is 70.9 Å². The van der Waals surface area contributed by atoms with E-state index < -0.39 is 30.5 Å². The maximum absolute atomic E-state index is 14.6. The normalized spacial score (nSPS) is 21.5. The molecule has 14 heteroatoms. The van der Waals surface area contributed by atoms with Crippen LogP contribution in [0.5, 0.6) is 5.75 Å². The number of aromatic carboxylic acids is 1. The minimum absolute atomic E-state index is 0.00853. The number of ether oxygens (including phenoxy) is 2. The number of hydrogen-bond acceptors (Lipinski definition) is 9. The first kappa shape index (κ1) is 28.0. The SMILES string of the molecule is O=C(O)c1cc(F)c2nc(N3C4CCC3CC(OC(=O)c3c(-c5c(Cl)cccc5OC(F)F)noc3C3CC3)C4)sc2c1. The molecule has 2 atom stereocenters. The van der Waals surface area contributed by atoms with E-state index in [0.717, 1.165) is 31.7 Å². The van der Waals surface area contributed by atoms with Crippen LogP contribution in [0.15, 0.2) is 34.9 Å². The number of halogens is 4. The van der Waals surface area contributed by atoms with Gasteiger partial charge in [0.1, 0.15) is 28.6 Å². The molecular weight excluding hydrogens is 611 g/mol. The molecule has 7 rings (SSSR count). The van der Waals surface area contributed by atoms with E-state index >= 15 is 0 Å². The number of rotatable bonds is 8. The smallest absolute Gasteiger partial charge is 0.387 e. The maximum atomic E-state index is 14.6. The Balaban J connectivity index is 1.14. The lowest BCUT2D eigenvalue weighted by molar-refractivity contribution is -0.0494. The van der Waals surface area contributed by atoms with Crippen molar-refractivity contribution >= 4 is 50.2 Å². The highest BCUT2D eigenvalue weighted by Crippen LogP contribution is 2.48. The molecule has 2 aromatic carbocycles. The fourth-order valence-electron chi connectivity index (χ4n) is 6.18. The fraction of sp³-hybridized carbons (Fsp3) is 0.379. The van der Waals surface area contributed by atoms with Crippen LogP contribution in [0.2, 0.25) is 5.02 Å². The van der Waals surface area contributed by atoms with E-state index in [4.69, 9.17) is 20.9 Å². The number of benzene rings is 2. The van der Waals surface area contributed by atoms with E-state index in [9.17, 15) is 27.9 Å². The number of esters is 1. The molecule has 1 N–H and O–H groups in total. The van der Waals surface area contributed by atoms with Crippen LogP contribution in [0, 0.1) is 5.82 Å². The molecule has 224 valence electrons. The largest absolute Gasteiger partial charge is 0.478 e. The summed E-state index contributed by atoms with van der Waals surface area (Å²) in [5.74, 6) is -2.52. The van der Waals surface area contributed by atoms with Crippen molar-refractivity contribution in [2.75, 3.05) is 4.90 Å². The molecule has 2 aliphatic heterocycles. The van der Waals surface area contributed by atoms with Crippen LogP contribution < -0.4 is 9.64 Å². The van der Waals surface area contributed by atoms with E-state index in [2.05, 4.69) is 19.8 Å². The third kappa shape index (κ3) is 5.07. The summed E-state index contributed by atoms with van der Waals surface area (Å²) in [6, 6.07) is 6.59. The van der Waals surface area contributed by atoms with Crippen LogP contribution in [0.4, 0.5) is 18.3 Å². The molecule has 9 nitrogen and oxygen atoms in total. The van der Waals surface area contributed by atoms with Crippen molar-refractivity contribution in [2.45, 2.75) is 69.2 Å². The number of thiazole rings is 1. The Morgan fingerprint density at radius 1 is 1.14 bits per heavy atom. The highest BCUT2D eigenvalue weighted by molar-refractivity contribution is 7.22. The number of carboxylic acid groups (broad SMARTS) is 1. The molecule has 43 heavy (non-hydrogen) atoms. The zero-order valence-electron chi connectivity index (χ0n) is 22.3. The van der Waals surface area contributed by atoms with Gasteiger partial charge in [-0.1, -0.05) is 34.2 Å². The first-order valence-electron chi connectivity index (χ1n) is 13.7. The molecule has 3 aliphatic rings. The molecule has 2 unspecified atom stereocenters. The Kier molecular flexibility index (Phi) is 6.96. The van der Waals surface area contributed by atoms with E-state index in [1.54, 1.807) is 0 Å². The summed E-state index contributed by atoms with van der Waals surface area (Å²) in [4.78, 5) is 31.7. The summed E-state index contributed by atoms with van der Waals surface area (Å²) < 4.78 is 57.7. The summed E-state index contributed by atoms with van der Waals surface area (Å²) >= 11 is 7.62. The van der Waals surface area contributed by atoms with Gasteiger partial charge in [0.05, 0.1) is 20.8 Å². The van der Waals surface area contributed by atoms with Gasteiger partial charge >= 0.3 is 18.6 Å². The van der Waals surface area contributed by atoms with Crippen molar-refractivity contribution in [3.8, 4) is 17.0 Å². The fourth-order valence-corrected chi connectivity index (χ4v) is 7.60. The number of carbonyl (C=O) groups is 2. The Bertz CT molecular complexity index is 1740. The van der Waals surface area contributed by atoms with E-state index in [1.165, 1.54) is 35.6 Å². The Morgan fingerprint density at radius 3 is 2.56 bits per heavy atom. The van der Waals surface area contributed by atoms with Crippen LogP contribution in [0.3, 0.4) is 0 Å². The molecule has 3 fully saturated rings. The third-order valence-electron chi connectivity index (χ3n) is 8.17. The lowest BCUT2D eigenvalue weighted by atomic mass is 9.99. The number of nitrogens with zero attached hydrogens (tertiary/aromatic N) is 3. The van der Waals surface area contributed by atoms with Gasteiger partial charge in [-0.15, -0.1) is 0 Å². The molecule has 0 radical (unpaired) electrons. The lowest BCUT2D eigenvalue weighted by Crippen LogP contribution is -2.46. The maximum Gasteiger partial charge on any atom is 0.387 e. The zero-order valence-corrected chi connectivity index (χ0v) is 23.8. The molecule has 1 aliphatic carbocycles. The van der Waals surface area contributed by atoms with Crippen LogP contribution >= 0.6 is 22.9 Å². The number of piperidine rings is 1. The average molecular weight is 634 g/mol. The van der Waals surface area contributed by atoms with Gasteiger partial charge in [0.2, 0.25) is 0 Å². The Hall–Kier alpha value is -3.84. The predicted octanol–water partition coefficient (Wildman–Crippen LogP) is 7.28. The summed E-state index contributed by atoms with van der Waals surface area (Å²) in [5, 5.41) is 14.0. The second-order valence-corrected chi connectivity index (χ2v) is 12.3. The van der Waals surface area contributed by atoms with Gasteiger partial charge < -0.3 is 24.0 Å². The first-order valence-corrected chi connectivity index (χ1v) is 14.9. The van der Waals surface area contributed by atoms with Gasteiger partial charge in [-0.05, 0) is 49.9 Å². The lowest BCUT2D eigenvalue weighted by Gasteiger charge is -2.38. The molecule has 2 saturated heterocycles. The van der Waals surface area contributed by atoms with E-state index in [-0.39, 0.29) is 56.7 Å². The van der Waals surface area contributed by atoms with Crippen LogP contribution in [-0.4, -0.2) is 52.0 Å². The number of fused-ring (bicyclic) bond motifs is 3. The van der Waals surface area contributed by atoms with E-state index in [1.807, 2.05) is 0 Å². The summed E-state index contributed by atoms with van der Waals surface area (Å²) in [7, 11) is 0. The standard InChI is InChI=1S/C29H23ClF3N3O6S/c30-17-2-1-3-19(41-28(32)33)21(17)24-22(25(42-35-24)12-4-5-12)27(39)40-16-10-14-6-7-15(11-16)36(14)29-34-23-18(31)8-13(26(37)38)9-20(23)43-29/h1-3,8-9,12,14-16,28H,4-7,10-11H2,(H,37,38). The molecule has 2 bridgehead atoms. The minimum Gasteiger partial charge on any atom is -0.478 e. The Morgan fingerprint density at radius 2 is 1.88 bits per heavy atom. The van der Waals surface area contributed by atoms with Crippen molar-refractivity contribution in [2.24, 2.45) is 0 Å². The molecule has 1 saturated carbocycles. The van der Waals surface area contributed by atoms with Gasteiger partial charge in [-0.2, -0.15) is 8.78 Å². The minimum atomic E-state index is -3.12. The highest BCUT2D eigenvalue weighted by Gasteiger charge is 2.45. The third-order valence-corrected chi connectivity index (χ3v) is 9.50. The molecule has 2 aromatic heterocycles. The topological polar surface area (TPSA) is 115 Å². The molecule has 0 amide bonds. The quantitative estimate of drug-likeness (QED) is 0.200. The number of alkyl halides is 2. The molecule has 4 aromatic rings. The monoisotopic (exact) mass is 633 g/mol. The summed E-state index contributed by atoms with van der Waals surface area (Å²) in [5.41, 5.74) is 0.0553. The van der Waals surface area contributed by atoms with Gasteiger partial charge in [-0.25, -0.2) is 19.0 Å². The first-order chi connectivity index (χ1) is 20.7. The average Bonchev–Trinajstić information content (AvgIpc) is 3.45. The van der Waals surface area contributed by atoms with Crippen LogP contribution in [-0.2, 0) is 4.74 Å². The predicted molar refractivity (Wildman–Crippen MR) is 150 cm³/mol. The van der Waals surface area contributed by atoms with Gasteiger partial charge in [0, 0.05) is 30.8 Å². The number of carbonyl (C=O) groups excluding carboxylic acids is 1. The number of aromatic nitrogens is 2. The molecular formula is C29H23ClF3N3O6S. The van der Waals surface area contributed by atoms with Gasteiger partial charge in [0.25, 0.3) is 0 Å². The second kappa shape index (κ2) is 10.7. The van der Waals surface area contributed by atoms with Gasteiger partial charge in [-0.3, -0.25) is 0 Å². The number of anilines is 1. The second-order valence-electron chi connectivity index (χ2n) is 10.9. The van der Waals surface area contributed by atoms with Crippen molar-refractivity contribution in [1.82, 2.24) is 10.1 Å². The zero-order chi connectivity index (χ0) is 30.0. The highest BCUT2D eigenvalue weighted by atomic mass is 35.5. The van der Waals surface area contributed by atoms with Crippen molar-refractivity contribution < 1.29 is 41.9 Å². The molecule has 0 spiro atoms. The molecule has 4 heterocycles. The number of hydrogen-bond donors (Lipinski definition) is 1. The van der Waals surface area contributed by atoms with Crippen molar-refractivity contribution in [3.05, 3.63) is 58.1 Å². The number of carboxylic acids is 1. The van der Waals surface area contributed by atoms with Crippen molar-refractivity contribution in [3.63, 3.8) is 0 Å². The van der Waals surface area contributed by atoms with E-state index in [0.29, 0.717) is 28.4 Å². The summed E-state index contributed by atoms with van der Waals surface area (Å²) in [6.45, 7) is -3.12. The van der Waals surface area contributed by atoms with Crippen LogP contribution in [0.25, 0.3) is 21.5 Å².